The van der Waals surface area contributed by atoms with Crippen LogP contribution in [-0.4, -0.2) is 39.1 Å². The van der Waals surface area contributed by atoms with Crippen LogP contribution < -0.4 is 14.2 Å². The minimum Gasteiger partial charge on any atom is -0.492 e. The van der Waals surface area contributed by atoms with Crippen molar-refractivity contribution in [2.75, 3.05) is 19.4 Å². The molecule has 0 aliphatic heterocycles. The molecule has 1 atom stereocenters. The van der Waals surface area contributed by atoms with Crippen LogP contribution in [0.25, 0.3) is 5.57 Å². The van der Waals surface area contributed by atoms with Gasteiger partial charge in [0.05, 0.1) is 6.26 Å². The quantitative estimate of drug-likeness (QED) is 0.517. The van der Waals surface area contributed by atoms with E-state index in [1.165, 1.54) is 11.1 Å². The van der Waals surface area contributed by atoms with E-state index in [4.69, 9.17) is 4.74 Å². The van der Waals surface area contributed by atoms with Crippen LogP contribution in [0, 0.1) is 0 Å². The third-order valence-electron chi connectivity index (χ3n) is 3.56. The summed E-state index contributed by atoms with van der Waals surface area (Å²) in [5.74, 6) is 0.744. The van der Waals surface area contributed by atoms with Gasteiger partial charge < -0.3 is 4.74 Å². The maximum absolute atomic E-state index is 11.0. The van der Waals surface area contributed by atoms with Crippen LogP contribution in [0.5, 0.6) is 5.75 Å². The molecule has 1 unspecified atom stereocenters. The van der Waals surface area contributed by atoms with E-state index in [9.17, 15) is 8.42 Å². The zero-order valence-electron chi connectivity index (χ0n) is 14.4. The van der Waals surface area contributed by atoms with Gasteiger partial charge in [0, 0.05) is 17.8 Å². The Hall–Kier alpha value is -1.02. The molecule has 0 saturated heterocycles. The number of nitrogens with one attached hydrogen (secondary N) is 2. The number of hydrogen-bond donors (Lipinski definition) is 2. The van der Waals surface area contributed by atoms with Gasteiger partial charge in [-0.05, 0) is 36.1 Å². The van der Waals surface area contributed by atoms with E-state index in [-0.39, 0.29) is 6.54 Å². The molecular weight excluding hydrogens is 344 g/mol. The number of sulfonamides is 1. The minimum atomic E-state index is -3.16. The van der Waals surface area contributed by atoms with Crippen molar-refractivity contribution in [2.24, 2.45) is 0 Å². The van der Waals surface area contributed by atoms with E-state index in [0.29, 0.717) is 17.9 Å². The van der Waals surface area contributed by atoms with Crippen molar-refractivity contribution in [3.05, 3.63) is 35.9 Å². The van der Waals surface area contributed by atoms with Gasteiger partial charge in [-0.25, -0.2) is 13.1 Å². The van der Waals surface area contributed by atoms with E-state index in [1.807, 2.05) is 12.1 Å². The highest BCUT2D eigenvalue weighted by Gasteiger charge is 2.20. The fourth-order valence-electron chi connectivity index (χ4n) is 2.50. The standard InChI is InChI=1S/C17H26N2O3S2/c1-13(2)23-19-17-6-4-5-16(17)14-7-9-15(10-8-14)22-12-11-18-24(3,20)21/h5,7-10,13,17-19H,4,6,11-12H2,1-3H3. The average molecular weight is 371 g/mol. The Morgan fingerprint density at radius 1 is 1.29 bits per heavy atom. The number of benzene rings is 1. The molecule has 5 nitrogen and oxygen atoms in total. The van der Waals surface area contributed by atoms with Gasteiger partial charge in [0.15, 0.2) is 0 Å². The Morgan fingerprint density at radius 3 is 2.62 bits per heavy atom. The monoisotopic (exact) mass is 370 g/mol. The summed E-state index contributed by atoms with van der Waals surface area (Å²) in [7, 11) is -3.16. The zero-order chi connectivity index (χ0) is 17.6. The Kier molecular flexibility index (Phi) is 7.16. The van der Waals surface area contributed by atoms with Gasteiger partial charge in [-0.15, -0.1) is 0 Å². The summed E-state index contributed by atoms with van der Waals surface area (Å²) >= 11 is 1.77. The van der Waals surface area contributed by atoms with E-state index in [0.717, 1.165) is 24.8 Å². The van der Waals surface area contributed by atoms with E-state index >= 15 is 0 Å². The Bertz CT molecular complexity index is 655. The molecule has 1 aromatic carbocycles. The largest absolute Gasteiger partial charge is 0.492 e. The molecule has 134 valence electrons. The summed E-state index contributed by atoms with van der Waals surface area (Å²) in [5.41, 5.74) is 2.55. The summed E-state index contributed by atoms with van der Waals surface area (Å²) in [5, 5.41) is 0.558. The molecule has 0 heterocycles. The summed E-state index contributed by atoms with van der Waals surface area (Å²) in [4.78, 5) is 0. The number of rotatable bonds is 9. The smallest absolute Gasteiger partial charge is 0.208 e. The molecule has 0 radical (unpaired) electrons. The minimum absolute atomic E-state index is 0.268. The van der Waals surface area contributed by atoms with Crippen molar-refractivity contribution in [2.45, 2.75) is 38.0 Å². The highest BCUT2D eigenvalue weighted by atomic mass is 32.2. The SMILES string of the molecule is CC(C)SNC1CCC=C1c1ccc(OCCNS(C)(=O)=O)cc1. The molecule has 1 aliphatic rings. The Morgan fingerprint density at radius 2 is 2.00 bits per heavy atom. The van der Waals surface area contributed by atoms with E-state index < -0.39 is 10.0 Å². The van der Waals surface area contributed by atoms with Crippen LogP contribution in [0.3, 0.4) is 0 Å². The first kappa shape index (κ1) is 19.3. The van der Waals surface area contributed by atoms with Crippen LogP contribution in [-0.2, 0) is 10.0 Å². The second-order valence-corrected chi connectivity index (χ2v) is 9.36. The van der Waals surface area contributed by atoms with E-state index in [2.05, 4.69) is 41.5 Å². The third-order valence-corrected chi connectivity index (χ3v) is 5.18. The molecule has 0 saturated carbocycles. The normalized spacial score (nSPS) is 18.0. The molecule has 0 aromatic heterocycles. The summed E-state index contributed by atoms with van der Waals surface area (Å²) in [6, 6.07) is 8.38. The van der Waals surface area contributed by atoms with Crippen LogP contribution in [0.15, 0.2) is 30.3 Å². The van der Waals surface area contributed by atoms with E-state index in [1.54, 1.807) is 11.9 Å². The predicted octanol–water partition coefficient (Wildman–Crippen LogP) is 2.81. The van der Waals surface area contributed by atoms with Crippen LogP contribution in [0.1, 0.15) is 32.3 Å². The number of ether oxygens (including phenoxy) is 1. The number of hydrogen-bond acceptors (Lipinski definition) is 5. The molecule has 24 heavy (non-hydrogen) atoms. The highest BCUT2D eigenvalue weighted by molar-refractivity contribution is 7.98. The molecule has 1 aliphatic carbocycles. The van der Waals surface area contributed by atoms with Gasteiger partial charge in [-0.3, -0.25) is 4.72 Å². The van der Waals surface area contributed by atoms with Gasteiger partial charge in [-0.1, -0.05) is 44.0 Å². The van der Waals surface area contributed by atoms with Gasteiger partial charge in [0.2, 0.25) is 10.0 Å². The Labute approximate surface area is 149 Å². The summed E-state index contributed by atoms with van der Waals surface area (Å²) in [6.07, 6.45) is 5.66. The lowest BCUT2D eigenvalue weighted by molar-refractivity contribution is 0.323. The van der Waals surface area contributed by atoms with Gasteiger partial charge in [0.25, 0.3) is 0 Å². The first-order valence-electron chi connectivity index (χ1n) is 8.14. The van der Waals surface area contributed by atoms with Gasteiger partial charge in [0.1, 0.15) is 12.4 Å². The van der Waals surface area contributed by atoms with Crippen molar-refractivity contribution in [3.8, 4) is 5.75 Å². The molecule has 7 heteroatoms. The predicted molar refractivity (Wildman–Crippen MR) is 102 cm³/mol. The Balaban J connectivity index is 1.87. The lowest BCUT2D eigenvalue weighted by Crippen LogP contribution is -2.26. The number of allylic oxidation sites excluding steroid dienone is 1. The van der Waals surface area contributed by atoms with Gasteiger partial charge in [-0.2, -0.15) is 0 Å². The lowest BCUT2D eigenvalue weighted by atomic mass is 10.0. The van der Waals surface area contributed by atoms with Crippen molar-refractivity contribution in [1.82, 2.24) is 9.44 Å². The van der Waals surface area contributed by atoms with Crippen molar-refractivity contribution >= 4 is 27.5 Å². The van der Waals surface area contributed by atoms with Crippen molar-refractivity contribution < 1.29 is 13.2 Å². The molecule has 0 bridgehead atoms. The molecule has 0 spiro atoms. The highest BCUT2D eigenvalue weighted by Crippen LogP contribution is 2.31. The van der Waals surface area contributed by atoms with Crippen molar-refractivity contribution in [1.29, 1.82) is 0 Å². The summed E-state index contributed by atoms with van der Waals surface area (Å²) in [6.45, 7) is 4.94. The van der Waals surface area contributed by atoms with Crippen LogP contribution in [0.2, 0.25) is 0 Å². The fourth-order valence-corrected chi connectivity index (χ4v) is 3.64. The second-order valence-electron chi connectivity index (χ2n) is 6.11. The maximum atomic E-state index is 11.0. The molecule has 0 fully saturated rings. The molecular formula is C17H26N2O3S2. The zero-order valence-corrected chi connectivity index (χ0v) is 16.0. The summed E-state index contributed by atoms with van der Waals surface area (Å²) < 4.78 is 33.5. The topological polar surface area (TPSA) is 67.4 Å². The van der Waals surface area contributed by atoms with Crippen molar-refractivity contribution in [3.63, 3.8) is 0 Å². The first-order valence-corrected chi connectivity index (χ1v) is 10.9. The third kappa shape index (κ3) is 6.47. The molecule has 0 amide bonds. The van der Waals surface area contributed by atoms with Crippen LogP contribution in [0.4, 0.5) is 0 Å². The fraction of sp³-hybridized carbons (Fsp3) is 0.529. The maximum Gasteiger partial charge on any atom is 0.208 e. The van der Waals surface area contributed by atoms with Crippen LogP contribution >= 0.6 is 11.9 Å². The molecule has 2 rings (SSSR count). The van der Waals surface area contributed by atoms with Gasteiger partial charge >= 0.3 is 0 Å². The molecule has 2 N–H and O–H groups in total. The first-order chi connectivity index (χ1) is 11.3. The average Bonchev–Trinajstić information content (AvgIpc) is 2.98. The lowest BCUT2D eigenvalue weighted by Gasteiger charge is -2.18. The molecule has 1 aromatic rings. The second kappa shape index (κ2) is 8.89.